The molecular formula is C28H37ClN4O2. The number of halogens is 1. The first-order chi connectivity index (χ1) is 17.0. The number of nitrogens with zero attached hydrogens (tertiary/aromatic N) is 4. The molecule has 1 aromatic heterocycles. The summed E-state index contributed by atoms with van der Waals surface area (Å²) in [5.41, 5.74) is 1.17. The topological polar surface area (TPSA) is 66.4 Å². The van der Waals surface area contributed by atoms with E-state index in [-0.39, 0.29) is 29.7 Å². The van der Waals surface area contributed by atoms with E-state index in [4.69, 9.17) is 11.6 Å². The fourth-order valence-corrected chi connectivity index (χ4v) is 6.07. The Morgan fingerprint density at radius 2 is 1.77 bits per heavy atom. The molecular weight excluding hydrogens is 460 g/mol. The molecule has 1 aromatic carbocycles. The van der Waals surface area contributed by atoms with Crippen molar-refractivity contribution in [2.45, 2.75) is 70.8 Å². The van der Waals surface area contributed by atoms with Gasteiger partial charge in [-0.2, -0.15) is 0 Å². The van der Waals surface area contributed by atoms with Crippen LogP contribution in [0.1, 0.15) is 69.7 Å². The number of likely N-dealkylation sites (N-methyl/N-ethyl adjacent to an activating group) is 1. The molecule has 35 heavy (non-hydrogen) atoms. The lowest BCUT2D eigenvalue weighted by Crippen LogP contribution is -2.50. The highest BCUT2D eigenvalue weighted by Gasteiger charge is 2.43. The van der Waals surface area contributed by atoms with Gasteiger partial charge < -0.3 is 9.80 Å². The number of benzene rings is 1. The smallest absolute Gasteiger partial charge is 0.245 e. The largest absolute Gasteiger partial charge is 0.341 e. The number of hydrogen-bond acceptors (Lipinski definition) is 4. The summed E-state index contributed by atoms with van der Waals surface area (Å²) in [6.45, 7) is 6.02. The number of carbonyl (C=O) groups excluding carboxylic acids is 2. The summed E-state index contributed by atoms with van der Waals surface area (Å²) in [4.78, 5) is 39.8. The second-order valence-corrected chi connectivity index (χ2v) is 10.3. The number of carbonyl (C=O) groups is 2. The van der Waals surface area contributed by atoms with Gasteiger partial charge in [0.2, 0.25) is 11.8 Å². The third-order valence-electron chi connectivity index (χ3n) is 7.87. The van der Waals surface area contributed by atoms with Crippen molar-refractivity contribution in [3.05, 3.63) is 59.1 Å². The Labute approximate surface area is 214 Å². The Morgan fingerprint density at radius 1 is 1.06 bits per heavy atom. The maximum absolute atomic E-state index is 14.1. The Morgan fingerprint density at radius 3 is 2.46 bits per heavy atom. The van der Waals surface area contributed by atoms with Gasteiger partial charge in [0.1, 0.15) is 11.9 Å². The second kappa shape index (κ2) is 12.0. The van der Waals surface area contributed by atoms with E-state index in [2.05, 4.69) is 22.1 Å². The fraction of sp³-hybridized carbons (Fsp3) is 0.571. The monoisotopic (exact) mass is 496 g/mol. The van der Waals surface area contributed by atoms with Gasteiger partial charge in [-0.15, -0.1) is 0 Å². The van der Waals surface area contributed by atoms with Gasteiger partial charge in [0.25, 0.3) is 0 Å². The van der Waals surface area contributed by atoms with Crippen molar-refractivity contribution in [3.8, 4) is 0 Å². The van der Waals surface area contributed by atoms with E-state index in [0.29, 0.717) is 30.6 Å². The molecule has 2 aromatic rings. The molecule has 0 bridgehead atoms. The summed E-state index contributed by atoms with van der Waals surface area (Å²) in [7, 11) is 0. The lowest BCUT2D eigenvalue weighted by atomic mass is 9.69. The zero-order valence-electron chi connectivity index (χ0n) is 20.9. The average molecular weight is 497 g/mol. The molecule has 4 rings (SSSR count). The van der Waals surface area contributed by atoms with Gasteiger partial charge in [0, 0.05) is 49.4 Å². The van der Waals surface area contributed by atoms with Gasteiger partial charge in [0.15, 0.2) is 0 Å². The highest BCUT2D eigenvalue weighted by Crippen LogP contribution is 2.43. The van der Waals surface area contributed by atoms with E-state index in [0.717, 1.165) is 50.8 Å². The maximum atomic E-state index is 14.1. The van der Waals surface area contributed by atoms with Crippen LogP contribution < -0.4 is 0 Å². The van der Waals surface area contributed by atoms with Crippen molar-refractivity contribution in [2.24, 2.45) is 11.8 Å². The predicted octanol–water partition coefficient (Wildman–Crippen LogP) is 5.12. The van der Waals surface area contributed by atoms with Gasteiger partial charge in [-0.25, -0.2) is 9.97 Å². The summed E-state index contributed by atoms with van der Waals surface area (Å²) in [6, 6.07) is 9.47. The normalized spacial score (nSPS) is 24.4. The van der Waals surface area contributed by atoms with Gasteiger partial charge >= 0.3 is 0 Å². The predicted molar refractivity (Wildman–Crippen MR) is 138 cm³/mol. The van der Waals surface area contributed by atoms with Gasteiger partial charge in [-0.3, -0.25) is 9.59 Å². The van der Waals surface area contributed by atoms with Crippen LogP contribution in [0.15, 0.2) is 42.7 Å². The summed E-state index contributed by atoms with van der Waals surface area (Å²) in [6.07, 6.45) is 9.88. The number of amides is 2. The molecule has 7 heteroatoms. The number of hydrogen-bond donors (Lipinski definition) is 0. The van der Waals surface area contributed by atoms with Crippen LogP contribution in [0.25, 0.3) is 0 Å². The van der Waals surface area contributed by atoms with Crippen molar-refractivity contribution in [2.75, 3.05) is 19.6 Å². The van der Waals surface area contributed by atoms with E-state index in [1.54, 1.807) is 12.4 Å². The standard InChI is InChI=1S/C28H37ClN4O2/c1-3-32(4-2)28(35)25-7-5-18-33(25)27(34)24-19-20(9-15-26-30-16-6-17-31-26)8-14-23(24)21-10-12-22(29)13-11-21/h6,10-13,16-17,20,23-25H,3-5,7-9,14-15,18-19H2,1-2H3/t20?,23-,24+,25-/m0/s1. The summed E-state index contributed by atoms with van der Waals surface area (Å²) < 4.78 is 0. The molecule has 4 atom stereocenters. The molecule has 0 N–H and O–H groups in total. The molecule has 0 spiro atoms. The van der Waals surface area contributed by atoms with E-state index >= 15 is 0 Å². The zero-order valence-corrected chi connectivity index (χ0v) is 21.7. The number of rotatable bonds is 8. The zero-order chi connectivity index (χ0) is 24.8. The molecule has 1 saturated carbocycles. The Kier molecular flexibility index (Phi) is 8.77. The third-order valence-corrected chi connectivity index (χ3v) is 8.12. The Balaban J connectivity index is 1.53. The molecule has 188 valence electrons. The van der Waals surface area contributed by atoms with Gasteiger partial charge in [0.05, 0.1) is 0 Å². The van der Waals surface area contributed by atoms with Crippen LogP contribution >= 0.6 is 11.6 Å². The molecule has 1 unspecified atom stereocenters. The second-order valence-electron chi connectivity index (χ2n) is 9.85. The lowest BCUT2D eigenvalue weighted by molar-refractivity contribution is -0.147. The van der Waals surface area contributed by atoms with Crippen LogP contribution in [0.3, 0.4) is 0 Å². The van der Waals surface area contributed by atoms with Crippen molar-refractivity contribution < 1.29 is 9.59 Å². The Hall–Kier alpha value is -2.47. The first-order valence-corrected chi connectivity index (χ1v) is 13.5. The first kappa shape index (κ1) is 25.6. The molecule has 2 amide bonds. The average Bonchev–Trinajstić information content (AvgIpc) is 3.39. The maximum Gasteiger partial charge on any atom is 0.245 e. The number of likely N-dealkylation sites (tertiary alicyclic amines) is 1. The number of aryl methyl sites for hydroxylation is 1. The SMILES string of the molecule is CCN(CC)C(=O)[C@@H]1CCCN1C(=O)[C@@H]1CC(CCc2ncccn2)CC[C@H]1c1ccc(Cl)cc1. The number of aromatic nitrogens is 2. The van der Waals surface area contributed by atoms with Crippen LogP contribution in [0, 0.1) is 11.8 Å². The quantitative estimate of drug-likeness (QED) is 0.508. The van der Waals surface area contributed by atoms with E-state index < -0.39 is 0 Å². The van der Waals surface area contributed by atoms with Crippen LogP contribution in [0.5, 0.6) is 0 Å². The van der Waals surface area contributed by atoms with E-state index in [1.807, 2.05) is 41.8 Å². The molecule has 2 fully saturated rings. The van der Waals surface area contributed by atoms with Crippen molar-refractivity contribution in [1.82, 2.24) is 19.8 Å². The molecule has 2 aliphatic rings. The minimum atomic E-state index is -0.327. The molecule has 1 aliphatic heterocycles. The van der Waals surface area contributed by atoms with Crippen LogP contribution in [0.4, 0.5) is 0 Å². The molecule has 1 saturated heterocycles. The lowest BCUT2D eigenvalue weighted by Gasteiger charge is -2.39. The van der Waals surface area contributed by atoms with E-state index in [1.165, 1.54) is 5.56 Å². The molecule has 6 nitrogen and oxygen atoms in total. The Bertz CT molecular complexity index is 980. The summed E-state index contributed by atoms with van der Waals surface area (Å²) in [5.74, 6) is 1.56. The third kappa shape index (κ3) is 6.03. The van der Waals surface area contributed by atoms with Crippen molar-refractivity contribution >= 4 is 23.4 Å². The molecule has 2 heterocycles. The van der Waals surface area contributed by atoms with Crippen LogP contribution in [0.2, 0.25) is 5.02 Å². The summed E-state index contributed by atoms with van der Waals surface area (Å²) >= 11 is 6.16. The minimum absolute atomic E-state index is 0.0949. The first-order valence-electron chi connectivity index (χ1n) is 13.1. The van der Waals surface area contributed by atoms with Crippen molar-refractivity contribution in [1.29, 1.82) is 0 Å². The molecule has 0 radical (unpaired) electrons. The summed E-state index contributed by atoms with van der Waals surface area (Å²) in [5, 5.41) is 0.706. The fourth-order valence-electron chi connectivity index (χ4n) is 5.94. The van der Waals surface area contributed by atoms with E-state index in [9.17, 15) is 9.59 Å². The van der Waals surface area contributed by atoms with Crippen molar-refractivity contribution in [3.63, 3.8) is 0 Å². The van der Waals surface area contributed by atoms with Gasteiger partial charge in [-0.05, 0) is 88.0 Å². The highest BCUT2D eigenvalue weighted by atomic mass is 35.5. The molecule has 1 aliphatic carbocycles. The van der Waals surface area contributed by atoms with Crippen LogP contribution in [-0.2, 0) is 16.0 Å². The highest BCUT2D eigenvalue weighted by molar-refractivity contribution is 6.30. The minimum Gasteiger partial charge on any atom is -0.341 e. The van der Waals surface area contributed by atoms with Crippen LogP contribution in [-0.4, -0.2) is 57.3 Å². The van der Waals surface area contributed by atoms with Gasteiger partial charge in [-0.1, -0.05) is 23.7 Å².